The number of nitrogens with zero attached hydrogens (tertiary/aromatic N) is 1. The van der Waals surface area contributed by atoms with Gasteiger partial charge in [0.2, 0.25) is 5.75 Å². The van der Waals surface area contributed by atoms with E-state index in [1.807, 2.05) is 0 Å². The number of halogens is 1. The topological polar surface area (TPSA) is 74.2 Å². The van der Waals surface area contributed by atoms with Gasteiger partial charge in [-0.1, -0.05) is 11.6 Å². The van der Waals surface area contributed by atoms with Gasteiger partial charge in [-0.3, -0.25) is 9.59 Å². The number of hydrogen-bond donors (Lipinski definition) is 0. The maximum atomic E-state index is 12.3. The molecule has 0 bridgehead atoms. The van der Waals surface area contributed by atoms with E-state index in [0.29, 0.717) is 17.2 Å². The maximum absolute atomic E-state index is 12.3. The van der Waals surface area contributed by atoms with E-state index in [1.54, 1.807) is 0 Å². The van der Waals surface area contributed by atoms with E-state index in [1.165, 1.54) is 51.7 Å². The van der Waals surface area contributed by atoms with E-state index in [2.05, 4.69) is 4.99 Å². The molecule has 1 aromatic carbocycles. The average molecular weight is 336 g/mol. The van der Waals surface area contributed by atoms with Gasteiger partial charge in [-0.15, -0.1) is 0 Å². The monoisotopic (exact) mass is 335 g/mol. The van der Waals surface area contributed by atoms with Gasteiger partial charge >= 0.3 is 0 Å². The molecule has 0 N–H and O–H groups in total. The number of ketones is 1. The lowest BCUT2D eigenvalue weighted by atomic mass is 10.1. The Morgan fingerprint density at radius 2 is 1.65 bits per heavy atom. The lowest BCUT2D eigenvalue weighted by Crippen LogP contribution is -2.07. The van der Waals surface area contributed by atoms with Gasteiger partial charge in [0.1, 0.15) is 0 Å². The fourth-order valence-electron chi connectivity index (χ4n) is 1.95. The number of carbonyl (C=O) groups excluding carboxylic acids is 2. The molecule has 2 rings (SSSR count). The van der Waals surface area contributed by atoms with Gasteiger partial charge in [-0.25, -0.2) is 4.99 Å². The molecule has 0 aliphatic heterocycles. The number of allylic oxidation sites excluding steroid dienone is 4. The number of benzene rings is 1. The van der Waals surface area contributed by atoms with Gasteiger partial charge in [0, 0.05) is 5.56 Å². The fourth-order valence-corrected chi connectivity index (χ4v) is 2.12. The van der Waals surface area contributed by atoms with Gasteiger partial charge in [0.15, 0.2) is 17.3 Å². The van der Waals surface area contributed by atoms with Crippen LogP contribution in [0.15, 0.2) is 40.4 Å². The molecule has 0 spiro atoms. The third kappa shape index (κ3) is 3.60. The molecule has 1 amide bonds. The fraction of sp³-hybridized carbons (Fsp3) is 0.188. The summed E-state index contributed by atoms with van der Waals surface area (Å²) in [5, 5.41) is 0.00365. The molecule has 120 valence electrons. The zero-order valence-corrected chi connectivity index (χ0v) is 13.5. The summed E-state index contributed by atoms with van der Waals surface area (Å²) >= 11 is 5.74. The minimum Gasteiger partial charge on any atom is -0.493 e. The van der Waals surface area contributed by atoms with E-state index >= 15 is 0 Å². The summed E-state index contributed by atoms with van der Waals surface area (Å²) in [6, 6.07) is 2.99. The van der Waals surface area contributed by atoms with Crippen LogP contribution in [0.1, 0.15) is 10.4 Å². The molecular formula is C16H14ClNO5. The van der Waals surface area contributed by atoms with E-state index < -0.39 is 5.91 Å². The number of carbonyl (C=O) groups is 2. The van der Waals surface area contributed by atoms with Crippen LogP contribution < -0.4 is 14.2 Å². The summed E-state index contributed by atoms with van der Waals surface area (Å²) in [5.41, 5.74) is 0.537. The number of methoxy groups -OCH3 is 3. The van der Waals surface area contributed by atoms with Crippen molar-refractivity contribution in [1.82, 2.24) is 0 Å². The first kappa shape index (κ1) is 16.8. The highest BCUT2D eigenvalue weighted by Crippen LogP contribution is 2.38. The van der Waals surface area contributed by atoms with E-state index in [9.17, 15) is 9.59 Å². The molecule has 0 heterocycles. The van der Waals surface area contributed by atoms with Crippen molar-refractivity contribution in [2.75, 3.05) is 21.3 Å². The van der Waals surface area contributed by atoms with Crippen molar-refractivity contribution in [3.8, 4) is 17.2 Å². The third-order valence-corrected chi connectivity index (χ3v) is 3.35. The highest BCUT2D eigenvalue weighted by atomic mass is 35.5. The molecular weight excluding hydrogens is 322 g/mol. The summed E-state index contributed by atoms with van der Waals surface area (Å²) < 4.78 is 15.6. The van der Waals surface area contributed by atoms with Crippen molar-refractivity contribution < 1.29 is 23.8 Å². The van der Waals surface area contributed by atoms with Crippen molar-refractivity contribution in [2.45, 2.75) is 0 Å². The molecule has 0 saturated carbocycles. The number of amides is 1. The van der Waals surface area contributed by atoms with Crippen LogP contribution in [0.2, 0.25) is 0 Å². The minimum atomic E-state index is -0.529. The predicted octanol–water partition coefficient (Wildman–Crippen LogP) is 2.56. The zero-order valence-electron chi connectivity index (χ0n) is 12.8. The van der Waals surface area contributed by atoms with Crippen molar-refractivity contribution in [3.63, 3.8) is 0 Å². The largest absolute Gasteiger partial charge is 0.493 e. The summed E-state index contributed by atoms with van der Waals surface area (Å²) in [6.45, 7) is 0. The van der Waals surface area contributed by atoms with Crippen LogP contribution in [0.25, 0.3) is 0 Å². The number of ether oxygens (including phenoxy) is 3. The van der Waals surface area contributed by atoms with Crippen LogP contribution in [-0.2, 0) is 4.79 Å². The molecule has 0 unspecified atom stereocenters. The Morgan fingerprint density at radius 1 is 1.04 bits per heavy atom. The molecule has 7 heteroatoms. The van der Waals surface area contributed by atoms with Crippen molar-refractivity contribution in [3.05, 3.63) is 41.0 Å². The minimum absolute atomic E-state index is 0.00365. The van der Waals surface area contributed by atoms with Crippen LogP contribution >= 0.6 is 11.6 Å². The second kappa shape index (κ2) is 7.11. The number of hydrogen-bond acceptors (Lipinski definition) is 5. The van der Waals surface area contributed by atoms with Gasteiger partial charge in [0.25, 0.3) is 5.91 Å². The maximum Gasteiger partial charge on any atom is 0.277 e. The first-order valence-corrected chi connectivity index (χ1v) is 6.90. The van der Waals surface area contributed by atoms with Crippen LogP contribution in [0.5, 0.6) is 17.2 Å². The second-order valence-corrected chi connectivity index (χ2v) is 4.85. The lowest BCUT2D eigenvalue weighted by molar-refractivity contribution is -0.110. The normalized spacial score (nSPS) is 15.4. The predicted molar refractivity (Wildman–Crippen MR) is 85.9 cm³/mol. The molecule has 1 aromatic rings. The first-order chi connectivity index (χ1) is 11.0. The van der Waals surface area contributed by atoms with Crippen LogP contribution in [-0.4, -0.2) is 38.7 Å². The van der Waals surface area contributed by atoms with Gasteiger partial charge in [0.05, 0.1) is 32.1 Å². The Morgan fingerprint density at radius 3 is 2.13 bits per heavy atom. The summed E-state index contributed by atoms with van der Waals surface area (Å²) in [4.78, 5) is 27.5. The SMILES string of the molecule is COc1cc(C(=O)N=C2C=CC(=O)C(Cl)=C2)cc(OC)c1OC. The third-order valence-electron chi connectivity index (χ3n) is 3.06. The summed E-state index contributed by atoms with van der Waals surface area (Å²) in [6.07, 6.45) is 4.01. The number of aliphatic imine (C=N–C) groups is 1. The van der Waals surface area contributed by atoms with Crippen LogP contribution in [0.4, 0.5) is 0 Å². The van der Waals surface area contributed by atoms with Crippen molar-refractivity contribution in [2.24, 2.45) is 4.99 Å². The standard InChI is InChI=1S/C16H14ClNO5/c1-21-13-6-9(7-14(22-2)15(13)23-3)16(20)18-10-4-5-12(19)11(17)8-10/h4-8H,1-3H3. The molecule has 23 heavy (non-hydrogen) atoms. The summed E-state index contributed by atoms with van der Waals surface area (Å²) in [5.74, 6) is 0.215. The van der Waals surface area contributed by atoms with E-state index in [4.69, 9.17) is 25.8 Å². The van der Waals surface area contributed by atoms with E-state index in [-0.39, 0.29) is 22.1 Å². The second-order valence-electron chi connectivity index (χ2n) is 4.45. The number of rotatable bonds is 4. The highest BCUT2D eigenvalue weighted by Gasteiger charge is 2.17. The molecule has 1 aliphatic carbocycles. The lowest BCUT2D eigenvalue weighted by Gasteiger charge is -2.13. The van der Waals surface area contributed by atoms with E-state index in [0.717, 1.165) is 0 Å². The zero-order chi connectivity index (χ0) is 17.0. The van der Waals surface area contributed by atoms with Crippen LogP contribution in [0, 0.1) is 0 Å². The highest BCUT2D eigenvalue weighted by molar-refractivity contribution is 6.47. The Labute approximate surface area is 138 Å². The molecule has 0 atom stereocenters. The average Bonchev–Trinajstić information content (AvgIpc) is 2.56. The molecule has 0 aromatic heterocycles. The summed E-state index contributed by atoms with van der Waals surface area (Å²) in [7, 11) is 4.38. The van der Waals surface area contributed by atoms with Gasteiger partial charge in [-0.05, 0) is 30.4 Å². The first-order valence-electron chi connectivity index (χ1n) is 6.52. The molecule has 0 fully saturated rings. The Kier molecular flexibility index (Phi) is 5.18. The molecule has 0 radical (unpaired) electrons. The van der Waals surface area contributed by atoms with Crippen molar-refractivity contribution in [1.29, 1.82) is 0 Å². The molecule has 6 nitrogen and oxygen atoms in total. The molecule has 0 saturated heterocycles. The smallest absolute Gasteiger partial charge is 0.277 e. The Balaban J connectivity index is 2.40. The van der Waals surface area contributed by atoms with Crippen LogP contribution in [0.3, 0.4) is 0 Å². The quantitative estimate of drug-likeness (QED) is 0.790. The van der Waals surface area contributed by atoms with Crippen molar-refractivity contribution >= 4 is 29.0 Å². The molecule has 1 aliphatic rings. The Hall–Kier alpha value is -2.60. The van der Waals surface area contributed by atoms with Gasteiger partial charge < -0.3 is 14.2 Å². The Bertz CT molecular complexity index is 724. The van der Waals surface area contributed by atoms with Gasteiger partial charge in [-0.2, -0.15) is 0 Å².